The van der Waals surface area contributed by atoms with Crippen molar-refractivity contribution in [3.05, 3.63) is 11.1 Å². The van der Waals surface area contributed by atoms with E-state index in [2.05, 4.69) is 4.72 Å². The molecule has 0 fully saturated rings. The van der Waals surface area contributed by atoms with Crippen LogP contribution in [0.15, 0.2) is 11.1 Å². The highest BCUT2D eigenvalue weighted by molar-refractivity contribution is 8.70. The van der Waals surface area contributed by atoms with Crippen molar-refractivity contribution in [2.75, 3.05) is 0 Å². The molecule has 0 saturated heterocycles. The topological polar surface area (TPSA) is 35.9 Å². The lowest BCUT2D eigenvalue weighted by Gasteiger charge is -1.86. The van der Waals surface area contributed by atoms with Gasteiger partial charge in [0, 0.05) is 11.1 Å². The van der Waals surface area contributed by atoms with Gasteiger partial charge in [0.2, 0.25) is 0 Å². The van der Waals surface area contributed by atoms with Gasteiger partial charge in [0.05, 0.1) is 9.91 Å². The maximum Gasteiger partial charge on any atom is 0.0552 e. The maximum atomic E-state index is 7.09. The molecule has 1 rings (SSSR count). The lowest BCUT2D eigenvalue weighted by atomic mass is 10.7. The molecule has 0 aromatic rings. The maximum absolute atomic E-state index is 7.09. The van der Waals surface area contributed by atoms with Crippen LogP contribution in [0.3, 0.4) is 0 Å². The highest BCUT2D eigenvalue weighted by Gasteiger charge is 2.01. The summed E-state index contributed by atoms with van der Waals surface area (Å²) >= 11 is 0. The standard InChI is InChI=1S/C3H6N2S2/c1-3-2-5-7(4)6-3/h2H,1H3,(H2,4,5). The van der Waals surface area contributed by atoms with Crippen LogP contribution >= 0.6 is 10.8 Å². The van der Waals surface area contributed by atoms with Crippen molar-refractivity contribution >= 4 is 20.7 Å². The Balaban J connectivity index is 2.58. The Hall–Kier alpha value is 0.0400. The molecular formula is C3H6N2S2. The molecule has 2 N–H and O–H groups in total. The second-order valence-corrected chi connectivity index (χ2v) is 4.31. The van der Waals surface area contributed by atoms with E-state index in [9.17, 15) is 0 Å². The molecule has 1 heterocycles. The number of nitrogens with one attached hydrogen (secondary N) is 2. The second kappa shape index (κ2) is 1.88. The first-order valence-electron chi connectivity index (χ1n) is 1.86. The first kappa shape index (κ1) is 5.18. The van der Waals surface area contributed by atoms with Gasteiger partial charge in [-0.1, -0.05) is 0 Å². The Morgan fingerprint density at radius 1 is 2.00 bits per heavy atom. The Morgan fingerprint density at radius 3 is 2.86 bits per heavy atom. The summed E-state index contributed by atoms with van der Waals surface area (Å²) in [7, 11) is 1.19. The van der Waals surface area contributed by atoms with E-state index in [0.29, 0.717) is 0 Å². The second-order valence-electron chi connectivity index (χ2n) is 1.22. The number of allylic oxidation sites excluding steroid dienone is 1. The minimum atomic E-state index is -0.379. The number of hydrogen-bond donors (Lipinski definition) is 2. The number of rotatable bonds is 0. The predicted molar refractivity (Wildman–Crippen MR) is 34.6 cm³/mol. The Morgan fingerprint density at radius 2 is 2.71 bits per heavy atom. The van der Waals surface area contributed by atoms with E-state index < -0.39 is 0 Å². The molecule has 0 aromatic heterocycles. The van der Waals surface area contributed by atoms with E-state index in [0.717, 1.165) is 0 Å². The largest absolute Gasteiger partial charge is 0.319 e. The SMILES string of the molecule is CC1=CNS(=N)S1. The molecule has 0 radical (unpaired) electrons. The van der Waals surface area contributed by atoms with Gasteiger partial charge >= 0.3 is 0 Å². The molecule has 1 atom stereocenters. The van der Waals surface area contributed by atoms with Crippen LogP contribution in [-0.2, 0) is 9.91 Å². The van der Waals surface area contributed by atoms with Gasteiger partial charge in [-0.3, -0.25) is 4.78 Å². The van der Waals surface area contributed by atoms with Crippen LogP contribution in [0.2, 0.25) is 0 Å². The quantitative estimate of drug-likeness (QED) is 0.491. The van der Waals surface area contributed by atoms with E-state index in [1.54, 1.807) is 10.8 Å². The van der Waals surface area contributed by atoms with E-state index in [-0.39, 0.29) is 9.91 Å². The molecule has 40 valence electrons. The van der Waals surface area contributed by atoms with Crippen molar-refractivity contribution < 1.29 is 0 Å². The van der Waals surface area contributed by atoms with E-state index in [4.69, 9.17) is 4.78 Å². The van der Waals surface area contributed by atoms with Crippen molar-refractivity contribution in [3.8, 4) is 0 Å². The van der Waals surface area contributed by atoms with Gasteiger partial charge in [-0.15, -0.1) is 0 Å². The zero-order valence-electron chi connectivity index (χ0n) is 3.89. The van der Waals surface area contributed by atoms with Crippen LogP contribution in [0.5, 0.6) is 0 Å². The van der Waals surface area contributed by atoms with Crippen molar-refractivity contribution in [2.24, 2.45) is 0 Å². The molecule has 2 nitrogen and oxygen atoms in total. The minimum Gasteiger partial charge on any atom is -0.319 e. The molecule has 7 heavy (non-hydrogen) atoms. The van der Waals surface area contributed by atoms with Crippen molar-refractivity contribution in [1.82, 2.24) is 4.72 Å². The minimum absolute atomic E-state index is 0.379. The van der Waals surface area contributed by atoms with Crippen molar-refractivity contribution in [1.29, 1.82) is 4.78 Å². The predicted octanol–water partition coefficient (Wildman–Crippen LogP) is 1.39. The molecule has 1 aliphatic rings. The summed E-state index contributed by atoms with van der Waals surface area (Å²) in [6.07, 6.45) is 1.88. The molecule has 4 heteroatoms. The molecule has 0 bridgehead atoms. The summed E-state index contributed by atoms with van der Waals surface area (Å²) < 4.78 is 9.95. The molecule has 0 spiro atoms. The zero-order valence-corrected chi connectivity index (χ0v) is 5.53. The van der Waals surface area contributed by atoms with Crippen LogP contribution in [-0.4, -0.2) is 0 Å². The van der Waals surface area contributed by atoms with Gasteiger partial charge in [0.25, 0.3) is 0 Å². The summed E-state index contributed by atoms with van der Waals surface area (Å²) in [5.41, 5.74) is 0. The average molecular weight is 134 g/mol. The van der Waals surface area contributed by atoms with Gasteiger partial charge < -0.3 is 4.72 Å². The molecule has 0 amide bonds. The zero-order chi connectivity index (χ0) is 5.28. The highest BCUT2D eigenvalue weighted by atomic mass is 33.1. The fourth-order valence-corrected chi connectivity index (χ4v) is 2.31. The van der Waals surface area contributed by atoms with Gasteiger partial charge in [0.15, 0.2) is 0 Å². The van der Waals surface area contributed by atoms with Crippen LogP contribution in [0.1, 0.15) is 6.92 Å². The summed E-state index contributed by atoms with van der Waals surface area (Å²) in [5, 5.41) is 0. The molecule has 0 aliphatic carbocycles. The first-order chi connectivity index (χ1) is 3.29. The summed E-state index contributed by atoms with van der Waals surface area (Å²) in [4.78, 5) is 1.21. The first-order valence-corrected chi connectivity index (χ1v) is 4.41. The molecule has 1 unspecified atom stereocenters. The third-order valence-electron chi connectivity index (χ3n) is 0.584. The molecular weight excluding hydrogens is 128 g/mol. The lowest BCUT2D eigenvalue weighted by molar-refractivity contribution is 1.38. The third-order valence-corrected chi connectivity index (χ3v) is 3.04. The van der Waals surface area contributed by atoms with E-state index in [1.807, 2.05) is 13.1 Å². The van der Waals surface area contributed by atoms with Crippen molar-refractivity contribution in [2.45, 2.75) is 6.92 Å². The lowest BCUT2D eigenvalue weighted by Crippen LogP contribution is -1.95. The smallest absolute Gasteiger partial charge is 0.0552 e. The van der Waals surface area contributed by atoms with Gasteiger partial charge in [-0.25, -0.2) is 0 Å². The Bertz CT molecular complexity index is 129. The van der Waals surface area contributed by atoms with Crippen LogP contribution in [0, 0.1) is 4.78 Å². The summed E-state index contributed by atoms with van der Waals surface area (Å²) in [6.45, 7) is 2.00. The Kier molecular flexibility index (Phi) is 1.39. The van der Waals surface area contributed by atoms with Crippen LogP contribution in [0.4, 0.5) is 0 Å². The van der Waals surface area contributed by atoms with Crippen LogP contribution < -0.4 is 4.72 Å². The molecule has 0 saturated carbocycles. The third kappa shape index (κ3) is 1.21. The molecule has 1 aliphatic heterocycles. The van der Waals surface area contributed by atoms with E-state index >= 15 is 0 Å². The summed E-state index contributed by atoms with van der Waals surface area (Å²) in [6, 6.07) is 0. The van der Waals surface area contributed by atoms with Gasteiger partial charge in [0.1, 0.15) is 0 Å². The van der Waals surface area contributed by atoms with Gasteiger partial charge in [-0.2, -0.15) is 0 Å². The normalized spacial score (nSPS) is 29.3. The highest BCUT2D eigenvalue weighted by Crippen LogP contribution is 2.22. The fraction of sp³-hybridized carbons (Fsp3) is 0.333. The van der Waals surface area contributed by atoms with Gasteiger partial charge in [-0.05, 0) is 17.7 Å². The summed E-state index contributed by atoms with van der Waals surface area (Å²) in [5.74, 6) is 0. The average Bonchev–Trinajstić information content (AvgIpc) is 1.87. The fourth-order valence-electron chi connectivity index (χ4n) is 0.316. The Labute approximate surface area is 48.8 Å². The van der Waals surface area contributed by atoms with Crippen molar-refractivity contribution in [3.63, 3.8) is 0 Å². The monoisotopic (exact) mass is 134 g/mol. The van der Waals surface area contributed by atoms with Crippen LogP contribution in [0.25, 0.3) is 0 Å². The van der Waals surface area contributed by atoms with E-state index in [1.165, 1.54) is 4.91 Å². The molecule has 0 aromatic carbocycles. The number of hydrogen-bond acceptors (Lipinski definition) is 2.